The third kappa shape index (κ3) is 7.48. The van der Waals surface area contributed by atoms with Crippen LogP contribution in [0.2, 0.25) is 0 Å². The first-order valence-corrected chi connectivity index (χ1v) is 10.7. The van der Waals surface area contributed by atoms with Crippen molar-refractivity contribution in [2.75, 3.05) is 11.3 Å². The minimum atomic E-state index is -4.68. The van der Waals surface area contributed by atoms with Gasteiger partial charge in [-0.05, 0) is 36.8 Å². The number of carbonyl (C=O) groups is 1. The minimum absolute atomic E-state index is 0. The van der Waals surface area contributed by atoms with Crippen LogP contribution in [0, 0.1) is 0 Å². The number of aryl methyl sites for hydroxylation is 1. The molecule has 33 heavy (non-hydrogen) atoms. The van der Waals surface area contributed by atoms with Crippen molar-refractivity contribution >= 4 is 34.0 Å². The Balaban J connectivity index is 0.00000272. The third-order valence-corrected chi connectivity index (χ3v) is 5.68. The zero-order valence-corrected chi connectivity index (χ0v) is 18.7. The highest BCUT2D eigenvalue weighted by molar-refractivity contribution is 7.92. The standard InChI is InChI=1S/C20H19F3N4O3S.ClH.H2O/c21-20(22,23)14-5-3-6-15(13-14)31(29,30)27-17-8-2-1-7-16(17)19(28)26-10-4-9-18-24-11-12-25-18;;/h1-3,5-8,11-13,27H,4,9-10H2,(H,24,25)(H,26,28);1H;1H2. The molecule has 0 saturated carbocycles. The Bertz CT molecular complexity index is 1160. The number of benzene rings is 2. The van der Waals surface area contributed by atoms with Crippen LogP contribution in [-0.2, 0) is 22.6 Å². The number of imidazole rings is 1. The van der Waals surface area contributed by atoms with Crippen molar-refractivity contribution in [3.63, 3.8) is 0 Å². The van der Waals surface area contributed by atoms with Crippen LogP contribution in [0.4, 0.5) is 18.9 Å². The molecule has 0 radical (unpaired) electrons. The maximum atomic E-state index is 12.9. The first-order valence-electron chi connectivity index (χ1n) is 9.22. The maximum absolute atomic E-state index is 12.9. The van der Waals surface area contributed by atoms with Crippen molar-refractivity contribution in [1.29, 1.82) is 0 Å². The van der Waals surface area contributed by atoms with E-state index in [9.17, 15) is 26.4 Å². The summed E-state index contributed by atoms with van der Waals surface area (Å²) >= 11 is 0. The van der Waals surface area contributed by atoms with E-state index < -0.39 is 32.6 Å². The average molecular weight is 507 g/mol. The Morgan fingerprint density at radius 2 is 1.82 bits per heavy atom. The van der Waals surface area contributed by atoms with Crippen LogP contribution in [0.1, 0.15) is 28.2 Å². The molecule has 1 amide bonds. The first kappa shape index (κ1) is 27.9. The van der Waals surface area contributed by atoms with Crippen LogP contribution in [0.25, 0.3) is 0 Å². The molecule has 1 heterocycles. The van der Waals surface area contributed by atoms with Gasteiger partial charge in [0.25, 0.3) is 15.9 Å². The molecular formula is C20H22ClF3N4O4S. The molecule has 0 aliphatic carbocycles. The molecule has 3 aromatic rings. The summed E-state index contributed by atoms with van der Waals surface area (Å²) in [5.41, 5.74) is -1.07. The van der Waals surface area contributed by atoms with Crippen LogP contribution in [0.5, 0.6) is 0 Å². The lowest BCUT2D eigenvalue weighted by Gasteiger charge is -2.14. The number of amides is 1. The van der Waals surface area contributed by atoms with Gasteiger partial charge in [0.15, 0.2) is 0 Å². The fraction of sp³-hybridized carbons (Fsp3) is 0.200. The Morgan fingerprint density at radius 1 is 1.09 bits per heavy atom. The van der Waals surface area contributed by atoms with Crippen molar-refractivity contribution < 1.29 is 31.9 Å². The second-order valence-electron chi connectivity index (χ2n) is 6.57. The lowest BCUT2D eigenvalue weighted by molar-refractivity contribution is -0.137. The van der Waals surface area contributed by atoms with Crippen LogP contribution >= 0.6 is 12.4 Å². The monoisotopic (exact) mass is 506 g/mol. The molecule has 3 rings (SSSR count). The van der Waals surface area contributed by atoms with Crippen LogP contribution < -0.4 is 10.0 Å². The molecule has 1 aromatic heterocycles. The van der Waals surface area contributed by atoms with Gasteiger partial charge in [-0.3, -0.25) is 9.52 Å². The summed E-state index contributed by atoms with van der Waals surface area (Å²) in [6, 6.07) is 9.24. The lowest BCUT2D eigenvalue weighted by Crippen LogP contribution is -2.26. The number of aromatic nitrogens is 2. The van der Waals surface area contributed by atoms with Gasteiger partial charge >= 0.3 is 6.18 Å². The van der Waals surface area contributed by atoms with Gasteiger partial charge in [-0.2, -0.15) is 13.2 Å². The van der Waals surface area contributed by atoms with Crippen LogP contribution in [-0.4, -0.2) is 36.3 Å². The minimum Gasteiger partial charge on any atom is -0.412 e. The quantitative estimate of drug-likeness (QED) is 0.404. The van der Waals surface area contributed by atoms with Gasteiger partial charge in [0, 0.05) is 25.4 Å². The highest BCUT2D eigenvalue weighted by atomic mass is 35.5. The number of nitrogens with one attached hydrogen (secondary N) is 3. The number of nitrogens with zero attached hydrogens (tertiary/aromatic N) is 1. The molecule has 0 saturated heterocycles. The smallest absolute Gasteiger partial charge is 0.412 e. The van der Waals surface area contributed by atoms with Gasteiger partial charge in [-0.25, -0.2) is 13.4 Å². The molecule has 8 nitrogen and oxygen atoms in total. The molecule has 0 aliphatic heterocycles. The first-order chi connectivity index (χ1) is 14.7. The number of hydrogen-bond donors (Lipinski definition) is 3. The Hall–Kier alpha value is -3.09. The predicted octanol–water partition coefficient (Wildman–Crippen LogP) is 3.19. The van der Waals surface area contributed by atoms with Gasteiger partial charge in [-0.15, -0.1) is 12.4 Å². The molecule has 0 aliphatic rings. The number of sulfonamides is 1. The van der Waals surface area contributed by atoms with E-state index in [0.29, 0.717) is 25.5 Å². The van der Waals surface area contributed by atoms with Gasteiger partial charge in [0.1, 0.15) is 5.82 Å². The van der Waals surface area contributed by atoms with E-state index in [1.165, 1.54) is 18.2 Å². The summed E-state index contributed by atoms with van der Waals surface area (Å²) in [5.74, 6) is 0.269. The molecule has 5 N–H and O–H groups in total. The highest BCUT2D eigenvalue weighted by Crippen LogP contribution is 2.31. The summed E-state index contributed by atoms with van der Waals surface area (Å²) in [5, 5.41) is 2.69. The fourth-order valence-corrected chi connectivity index (χ4v) is 3.93. The van der Waals surface area contributed by atoms with E-state index in [-0.39, 0.29) is 29.1 Å². The van der Waals surface area contributed by atoms with E-state index in [4.69, 9.17) is 0 Å². The van der Waals surface area contributed by atoms with Crippen molar-refractivity contribution in [2.24, 2.45) is 0 Å². The zero-order valence-electron chi connectivity index (χ0n) is 17.0. The molecule has 180 valence electrons. The third-order valence-electron chi connectivity index (χ3n) is 4.32. The number of carbonyl (C=O) groups excluding carboxylic acids is 1. The number of aromatic amines is 1. The maximum Gasteiger partial charge on any atom is 0.416 e. The number of anilines is 1. The number of para-hydroxylation sites is 1. The summed E-state index contributed by atoms with van der Waals surface area (Å²) in [6.07, 6.45) is -0.130. The Labute approximate surface area is 194 Å². The van der Waals surface area contributed by atoms with Crippen molar-refractivity contribution in [3.8, 4) is 0 Å². The zero-order chi connectivity index (χ0) is 22.5. The largest absolute Gasteiger partial charge is 0.416 e. The fourth-order valence-electron chi connectivity index (χ4n) is 2.80. The van der Waals surface area contributed by atoms with Gasteiger partial charge in [0.2, 0.25) is 0 Å². The summed E-state index contributed by atoms with van der Waals surface area (Å²) in [7, 11) is -4.35. The Morgan fingerprint density at radius 3 is 2.48 bits per heavy atom. The van der Waals surface area contributed by atoms with E-state index in [0.717, 1.165) is 24.0 Å². The van der Waals surface area contributed by atoms with Gasteiger partial charge in [-0.1, -0.05) is 18.2 Å². The lowest BCUT2D eigenvalue weighted by atomic mass is 10.1. The number of rotatable bonds is 8. The molecule has 0 bridgehead atoms. The van der Waals surface area contributed by atoms with E-state index >= 15 is 0 Å². The second kappa shape index (κ2) is 11.7. The summed E-state index contributed by atoms with van der Waals surface area (Å²) in [6.45, 7) is 0.328. The SMILES string of the molecule is Cl.O.O=C(NCCCc1ncc[nH]1)c1ccccc1NS(=O)(=O)c1cccc(C(F)(F)F)c1. The molecule has 0 atom stereocenters. The van der Waals surface area contributed by atoms with Crippen molar-refractivity contribution in [3.05, 3.63) is 77.9 Å². The van der Waals surface area contributed by atoms with E-state index in [1.54, 1.807) is 18.5 Å². The molecule has 0 fully saturated rings. The second-order valence-corrected chi connectivity index (χ2v) is 8.25. The number of halogens is 4. The Kier molecular flexibility index (Phi) is 9.89. The molecule has 2 aromatic carbocycles. The number of hydrogen-bond acceptors (Lipinski definition) is 4. The summed E-state index contributed by atoms with van der Waals surface area (Å²) < 4.78 is 66.2. The molecule has 0 spiro atoms. The van der Waals surface area contributed by atoms with E-state index in [2.05, 4.69) is 20.0 Å². The normalized spacial score (nSPS) is 11.1. The number of H-pyrrole nitrogens is 1. The van der Waals surface area contributed by atoms with Crippen LogP contribution in [0.3, 0.4) is 0 Å². The topological polar surface area (TPSA) is 135 Å². The van der Waals surface area contributed by atoms with Crippen LogP contribution in [0.15, 0.2) is 65.8 Å². The molecule has 0 unspecified atom stereocenters. The van der Waals surface area contributed by atoms with Gasteiger partial charge in [0.05, 0.1) is 21.7 Å². The van der Waals surface area contributed by atoms with Crippen molar-refractivity contribution in [1.82, 2.24) is 15.3 Å². The summed E-state index contributed by atoms with van der Waals surface area (Å²) in [4.78, 5) is 19.0. The van der Waals surface area contributed by atoms with Crippen molar-refractivity contribution in [2.45, 2.75) is 23.9 Å². The molecular weight excluding hydrogens is 485 g/mol. The highest BCUT2D eigenvalue weighted by Gasteiger charge is 2.31. The average Bonchev–Trinajstić information content (AvgIpc) is 3.24. The van der Waals surface area contributed by atoms with E-state index in [1.807, 2.05) is 0 Å². The number of alkyl halides is 3. The molecule has 13 heteroatoms. The predicted molar refractivity (Wildman–Crippen MR) is 119 cm³/mol. The van der Waals surface area contributed by atoms with Gasteiger partial charge < -0.3 is 15.8 Å².